The number of rotatable bonds is 8. The molecule has 0 aliphatic rings. The average Bonchev–Trinajstić information content (AvgIpc) is 2.65. The Kier molecular flexibility index (Phi) is 6.82. The Hall–Kier alpha value is -0.450. The van der Waals surface area contributed by atoms with Crippen LogP contribution in [-0.2, 0) is 11.2 Å². The lowest BCUT2D eigenvalue weighted by molar-refractivity contribution is 0.0614. The van der Waals surface area contributed by atoms with Gasteiger partial charge in [-0.2, -0.15) is 0 Å². The van der Waals surface area contributed by atoms with Crippen molar-refractivity contribution >= 4 is 11.3 Å². The van der Waals surface area contributed by atoms with E-state index in [0.717, 1.165) is 31.5 Å². The quantitative estimate of drug-likeness (QED) is 0.788. The van der Waals surface area contributed by atoms with Crippen molar-refractivity contribution in [2.75, 3.05) is 13.7 Å². The fourth-order valence-electron chi connectivity index (χ4n) is 2.18. The number of nitrogens with zero attached hydrogens (tertiary/aromatic N) is 1. The summed E-state index contributed by atoms with van der Waals surface area (Å²) in [6, 6.07) is 0.366. The SMILES string of the molecule is CCCC(OC)C(Cc1nc(C)c(C)s1)NCC. The molecule has 1 N–H and O–H groups in total. The maximum atomic E-state index is 5.63. The van der Waals surface area contributed by atoms with Gasteiger partial charge in [0.2, 0.25) is 0 Å². The maximum absolute atomic E-state index is 5.63. The second-order valence-corrected chi connectivity index (χ2v) is 5.97. The number of ether oxygens (including phenoxy) is 1. The monoisotopic (exact) mass is 270 g/mol. The molecule has 4 heteroatoms. The Morgan fingerprint density at radius 3 is 2.50 bits per heavy atom. The molecule has 0 radical (unpaired) electrons. The third-order valence-electron chi connectivity index (χ3n) is 3.26. The first kappa shape index (κ1) is 15.6. The second-order valence-electron chi connectivity index (χ2n) is 4.68. The highest BCUT2D eigenvalue weighted by molar-refractivity contribution is 7.11. The molecule has 104 valence electrons. The summed E-state index contributed by atoms with van der Waals surface area (Å²) in [5.41, 5.74) is 1.16. The van der Waals surface area contributed by atoms with Crippen LogP contribution >= 0.6 is 11.3 Å². The van der Waals surface area contributed by atoms with Crippen molar-refractivity contribution in [2.45, 2.75) is 59.1 Å². The summed E-state index contributed by atoms with van der Waals surface area (Å²) in [5.74, 6) is 0. The highest BCUT2D eigenvalue weighted by Gasteiger charge is 2.21. The summed E-state index contributed by atoms with van der Waals surface area (Å²) >= 11 is 1.81. The van der Waals surface area contributed by atoms with E-state index in [0.29, 0.717) is 6.04 Å². The molecule has 0 spiro atoms. The van der Waals surface area contributed by atoms with Crippen molar-refractivity contribution in [3.8, 4) is 0 Å². The van der Waals surface area contributed by atoms with Crippen LogP contribution in [0.3, 0.4) is 0 Å². The van der Waals surface area contributed by atoms with Crippen LogP contribution in [0.2, 0.25) is 0 Å². The highest BCUT2D eigenvalue weighted by Crippen LogP contribution is 2.20. The molecule has 1 rings (SSSR count). The van der Waals surface area contributed by atoms with Crippen LogP contribution in [0.25, 0.3) is 0 Å². The molecule has 0 aliphatic heterocycles. The minimum absolute atomic E-state index is 0.277. The molecule has 0 bridgehead atoms. The van der Waals surface area contributed by atoms with Crippen molar-refractivity contribution in [2.24, 2.45) is 0 Å². The standard InChI is InChI=1S/C14H26N2OS/c1-6-8-13(17-5)12(15-7-2)9-14-16-10(3)11(4)18-14/h12-13,15H,6-9H2,1-5H3. The molecular weight excluding hydrogens is 244 g/mol. The fourth-order valence-corrected chi connectivity index (χ4v) is 3.17. The minimum Gasteiger partial charge on any atom is -0.380 e. The number of methoxy groups -OCH3 is 1. The van der Waals surface area contributed by atoms with Crippen molar-refractivity contribution in [1.82, 2.24) is 10.3 Å². The third kappa shape index (κ3) is 4.34. The zero-order valence-corrected chi connectivity index (χ0v) is 13.1. The van der Waals surface area contributed by atoms with Crippen LogP contribution in [-0.4, -0.2) is 30.8 Å². The van der Waals surface area contributed by atoms with E-state index in [1.54, 1.807) is 0 Å². The molecule has 3 nitrogen and oxygen atoms in total. The smallest absolute Gasteiger partial charge is 0.0947 e. The van der Waals surface area contributed by atoms with Gasteiger partial charge in [-0.3, -0.25) is 0 Å². The summed E-state index contributed by atoms with van der Waals surface area (Å²) in [6.45, 7) is 9.53. The number of aromatic nitrogens is 1. The molecule has 0 fully saturated rings. The number of hydrogen-bond donors (Lipinski definition) is 1. The van der Waals surface area contributed by atoms with E-state index in [9.17, 15) is 0 Å². The van der Waals surface area contributed by atoms with E-state index >= 15 is 0 Å². The summed E-state index contributed by atoms with van der Waals surface area (Å²) < 4.78 is 5.63. The number of likely N-dealkylation sites (N-methyl/N-ethyl adjacent to an activating group) is 1. The van der Waals surface area contributed by atoms with E-state index in [1.165, 1.54) is 9.88 Å². The highest BCUT2D eigenvalue weighted by atomic mass is 32.1. The third-order valence-corrected chi connectivity index (χ3v) is 4.35. The summed E-state index contributed by atoms with van der Waals surface area (Å²) in [6.07, 6.45) is 3.49. The van der Waals surface area contributed by atoms with Gasteiger partial charge in [0, 0.05) is 24.4 Å². The van der Waals surface area contributed by atoms with Crippen molar-refractivity contribution in [3.05, 3.63) is 15.6 Å². The summed E-state index contributed by atoms with van der Waals surface area (Å²) in [7, 11) is 1.81. The molecule has 18 heavy (non-hydrogen) atoms. The molecule has 1 aromatic rings. The zero-order chi connectivity index (χ0) is 13.5. The van der Waals surface area contributed by atoms with Gasteiger partial charge < -0.3 is 10.1 Å². The number of hydrogen-bond acceptors (Lipinski definition) is 4. The maximum Gasteiger partial charge on any atom is 0.0947 e. The summed E-state index contributed by atoms with van der Waals surface area (Å²) in [5, 5.41) is 4.75. The molecule has 0 saturated heterocycles. The van der Waals surface area contributed by atoms with E-state index in [1.807, 2.05) is 18.4 Å². The molecule has 2 unspecified atom stereocenters. The summed E-state index contributed by atoms with van der Waals surface area (Å²) in [4.78, 5) is 5.96. The van der Waals surface area contributed by atoms with Crippen LogP contribution in [0.4, 0.5) is 0 Å². The Bertz CT molecular complexity index is 332. The van der Waals surface area contributed by atoms with Crippen LogP contribution in [0, 0.1) is 13.8 Å². The van der Waals surface area contributed by atoms with Crippen molar-refractivity contribution in [3.63, 3.8) is 0 Å². The van der Waals surface area contributed by atoms with Gasteiger partial charge in [-0.25, -0.2) is 4.98 Å². The van der Waals surface area contributed by atoms with Gasteiger partial charge in [0.15, 0.2) is 0 Å². The van der Waals surface area contributed by atoms with E-state index in [2.05, 4.69) is 38.0 Å². The van der Waals surface area contributed by atoms with Gasteiger partial charge in [0.1, 0.15) is 0 Å². The van der Waals surface area contributed by atoms with Gasteiger partial charge in [-0.15, -0.1) is 11.3 Å². The second kappa shape index (κ2) is 7.87. The van der Waals surface area contributed by atoms with Crippen LogP contribution in [0.15, 0.2) is 0 Å². The number of nitrogens with one attached hydrogen (secondary N) is 1. The molecule has 0 amide bonds. The fraction of sp³-hybridized carbons (Fsp3) is 0.786. The van der Waals surface area contributed by atoms with E-state index in [4.69, 9.17) is 4.74 Å². The lowest BCUT2D eigenvalue weighted by atomic mass is 10.0. The van der Waals surface area contributed by atoms with Gasteiger partial charge in [-0.1, -0.05) is 20.3 Å². The molecule has 1 heterocycles. The lowest BCUT2D eigenvalue weighted by Crippen LogP contribution is -2.42. The largest absolute Gasteiger partial charge is 0.380 e. The van der Waals surface area contributed by atoms with E-state index < -0.39 is 0 Å². The molecule has 0 aliphatic carbocycles. The Morgan fingerprint density at radius 1 is 1.33 bits per heavy atom. The first-order valence-corrected chi connectivity index (χ1v) is 7.63. The van der Waals surface area contributed by atoms with Crippen LogP contribution in [0.5, 0.6) is 0 Å². The van der Waals surface area contributed by atoms with Crippen LogP contribution in [0.1, 0.15) is 42.3 Å². The van der Waals surface area contributed by atoms with Gasteiger partial charge in [-0.05, 0) is 26.8 Å². The number of thiazole rings is 1. The molecule has 0 saturated carbocycles. The lowest BCUT2D eigenvalue weighted by Gasteiger charge is -2.25. The first-order chi connectivity index (χ1) is 8.62. The molecule has 1 aromatic heterocycles. The Balaban J connectivity index is 2.71. The average molecular weight is 270 g/mol. The van der Waals surface area contributed by atoms with Crippen LogP contribution < -0.4 is 5.32 Å². The number of aryl methyl sites for hydroxylation is 2. The van der Waals surface area contributed by atoms with Crippen molar-refractivity contribution in [1.29, 1.82) is 0 Å². The molecular formula is C14H26N2OS. The normalized spacial score (nSPS) is 14.7. The topological polar surface area (TPSA) is 34.1 Å². The first-order valence-electron chi connectivity index (χ1n) is 6.81. The van der Waals surface area contributed by atoms with E-state index in [-0.39, 0.29) is 6.10 Å². The van der Waals surface area contributed by atoms with Gasteiger partial charge >= 0.3 is 0 Å². The van der Waals surface area contributed by atoms with Crippen molar-refractivity contribution < 1.29 is 4.74 Å². The van der Waals surface area contributed by atoms with Gasteiger partial charge in [0.05, 0.1) is 16.8 Å². The Labute approximate surface area is 115 Å². The predicted octanol–water partition coefficient (Wildman–Crippen LogP) is 3.10. The van der Waals surface area contributed by atoms with Gasteiger partial charge in [0.25, 0.3) is 0 Å². The Morgan fingerprint density at radius 2 is 2.06 bits per heavy atom. The minimum atomic E-state index is 0.277. The molecule has 0 aromatic carbocycles. The predicted molar refractivity (Wildman–Crippen MR) is 78.5 cm³/mol. The zero-order valence-electron chi connectivity index (χ0n) is 12.2. The molecule has 2 atom stereocenters.